The second-order valence-electron chi connectivity index (χ2n) is 4.81. The van der Waals surface area contributed by atoms with Gasteiger partial charge in [0.2, 0.25) is 11.8 Å². The van der Waals surface area contributed by atoms with Crippen LogP contribution in [0.25, 0.3) is 0 Å². The number of nitrogens with one attached hydrogen (secondary N) is 1. The second-order valence-corrected chi connectivity index (χ2v) is 4.81. The molecule has 2 atom stereocenters. The van der Waals surface area contributed by atoms with E-state index >= 15 is 0 Å². The molecule has 1 fully saturated rings. The first-order chi connectivity index (χ1) is 9.56. The smallest absolute Gasteiger partial charge is 0.243 e. The van der Waals surface area contributed by atoms with Crippen molar-refractivity contribution in [2.75, 3.05) is 13.1 Å². The highest BCUT2D eigenvalue weighted by atomic mass is 19.1. The van der Waals surface area contributed by atoms with E-state index in [0.717, 1.165) is 5.56 Å². The Morgan fingerprint density at radius 1 is 1.40 bits per heavy atom. The first-order valence-electron chi connectivity index (χ1n) is 6.61. The average molecular weight is 279 g/mol. The lowest BCUT2D eigenvalue weighted by molar-refractivity contribution is -0.141. The van der Waals surface area contributed by atoms with Crippen molar-refractivity contribution in [3.63, 3.8) is 0 Å². The SMILES string of the molecule is CCC1C(=O)NC(=O)CN1C(CN)c1ccc(F)cc1. The number of imide groups is 1. The summed E-state index contributed by atoms with van der Waals surface area (Å²) in [6.45, 7) is 2.25. The van der Waals surface area contributed by atoms with Crippen LogP contribution >= 0.6 is 0 Å². The van der Waals surface area contributed by atoms with E-state index in [-0.39, 0.29) is 36.8 Å². The van der Waals surface area contributed by atoms with Crippen LogP contribution in [0.1, 0.15) is 24.9 Å². The molecule has 20 heavy (non-hydrogen) atoms. The molecular formula is C14H18FN3O2. The predicted octanol–water partition coefficient (Wildman–Crippen LogP) is 0.563. The summed E-state index contributed by atoms with van der Waals surface area (Å²) in [6.07, 6.45) is 0.580. The molecule has 0 bridgehead atoms. The van der Waals surface area contributed by atoms with Crippen LogP contribution in [0.2, 0.25) is 0 Å². The van der Waals surface area contributed by atoms with E-state index in [1.165, 1.54) is 12.1 Å². The van der Waals surface area contributed by atoms with Crippen LogP contribution in [0.5, 0.6) is 0 Å². The number of rotatable bonds is 4. The number of benzene rings is 1. The number of halogens is 1. The third-order valence-electron chi connectivity index (χ3n) is 3.56. The standard InChI is InChI=1S/C14H18FN3O2/c1-2-11-14(20)17-13(19)8-18(11)12(7-16)9-3-5-10(15)6-4-9/h3-6,11-12H,2,7-8,16H2,1H3,(H,17,19,20). The minimum absolute atomic E-state index is 0.115. The Morgan fingerprint density at radius 3 is 2.60 bits per heavy atom. The predicted molar refractivity (Wildman–Crippen MR) is 72.1 cm³/mol. The zero-order chi connectivity index (χ0) is 14.7. The van der Waals surface area contributed by atoms with Crippen molar-refractivity contribution in [3.05, 3.63) is 35.6 Å². The largest absolute Gasteiger partial charge is 0.329 e. The molecule has 0 radical (unpaired) electrons. The molecule has 1 saturated heterocycles. The van der Waals surface area contributed by atoms with Crippen LogP contribution in [-0.4, -0.2) is 35.8 Å². The van der Waals surface area contributed by atoms with Gasteiger partial charge in [0.05, 0.1) is 12.6 Å². The monoisotopic (exact) mass is 279 g/mol. The summed E-state index contributed by atoms with van der Waals surface area (Å²) < 4.78 is 13.0. The number of carbonyl (C=O) groups is 2. The summed E-state index contributed by atoms with van der Waals surface area (Å²) in [5, 5.41) is 2.33. The van der Waals surface area contributed by atoms with Crippen molar-refractivity contribution in [2.24, 2.45) is 5.73 Å². The van der Waals surface area contributed by atoms with Gasteiger partial charge in [-0.2, -0.15) is 0 Å². The van der Waals surface area contributed by atoms with E-state index in [0.29, 0.717) is 6.42 Å². The Bertz CT molecular complexity index is 504. The number of hydrogen-bond acceptors (Lipinski definition) is 4. The summed E-state index contributed by atoms with van der Waals surface area (Å²) in [5.41, 5.74) is 6.60. The molecule has 3 N–H and O–H groups in total. The van der Waals surface area contributed by atoms with Crippen LogP contribution in [0.15, 0.2) is 24.3 Å². The van der Waals surface area contributed by atoms with Crippen LogP contribution in [0, 0.1) is 5.82 Å². The highest BCUT2D eigenvalue weighted by Crippen LogP contribution is 2.25. The summed E-state index contributed by atoms with van der Waals surface area (Å²) in [7, 11) is 0. The van der Waals surface area contributed by atoms with Gasteiger partial charge >= 0.3 is 0 Å². The van der Waals surface area contributed by atoms with Crippen molar-refractivity contribution in [2.45, 2.75) is 25.4 Å². The Hall–Kier alpha value is -1.79. The zero-order valence-electron chi connectivity index (χ0n) is 11.3. The lowest BCUT2D eigenvalue weighted by atomic mass is 10.00. The minimum Gasteiger partial charge on any atom is -0.329 e. The van der Waals surface area contributed by atoms with E-state index in [9.17, 15) is 14.0 Å². The Morgan fingerprint density at radius 2 is 2.05 bits per heavy atom. The number of hydrogen-bond donors (Lipinski definition) is 2. The van der Waals surface area contributed by atoms with Crippen molar-refractivity contribution in [1.29, 1.82) is 0 Å². The summed E-state index contributed by atoms with van der Waals surface area (Å²) in [5.74, 6) is -0.964. The minimum atomic E-state index is -0.397. The van der Waals surface area contributed by atoms with Crippen molar-refractivity contribution < 1.29 is 14.0 Å². The van der Waals surface area contributed by atoms with Crippen molar-refractivity contribution >= 4 is 11.8 Å². The molecule has 5 nitrogen and oxygen atoms in total. The number of carbonyl (C=O) groups excluding carboxylic acids is 2. The fraction of sp³-hybridized carbons (Fsp3) is 0.429. The number of piperazine rings is 1. The fourth-order valence-electron chi connectivity index (χ4n) is 2.58. The van der Waals surface area contributed by atoms with Crippen LogP contribution in [-0.2, 0) is 9.59 Å². The molecule has 6 heteroatoms. The van der Waals surface area contributed by atoms with Gasteiger partial charge in [0.25, 0.3) is 0 Å². The molecule has 1 aromatic carbocycles. The van der Waals surface area contributed by atoms with Crippen LogP contribution in [0.4, 0.5) is 4.39 Å². The molecule has 108 valence electrons. The van der Waals surface area contributed by atoms with Gasteiger partial charge in [-0.25, -0.2) is 4.39 Å². The van der Waals surface area contributed by atoms with E-state index in [1.54, 1.807) is 17.0 Å². The van der Waals surface area contributed by atoms with Gasteiger partial charge in [-0.15, -0.1) is 0 Å². The molecule has 2 rings (SSSR count). The molecule has 0 spiro atoms. The maximum absolute atomic E-state index is 13.0. The van der Waals surface area contributed by atoms with Gasteiger partial charge in [-0.05, 0) is 24.1 Å². The molecule has 2 amide bonds. The topological polar surface area (TPSA) is 75.4 Å². The van der Waals surface area contributed by atoms with Gasteiger partial charge in [0, 0.05) is 12.6 Å². The molecule has 2 unspecified atom stereocenters. The lowest BCUT2D eigenvalue weighted by Crippen LogP contribution is -2.59. The third kappa shape index (κ3) is 2.86. The fourth-order valence-corrected chi connectivity index (χ4v) is 2.58. The maximum atomic E-state index is 13.0. The second kappa shape index (κ2) is 6.11. The lowest BCUT2D eigenvalue weighted by Gasteiger charge is -2.39. The van der Waals surface area contributed by atoms with Crippen molar-refractivity contribution in [3.8, 4) is 0 Å². The normalized spacial score (nSPS) is 21.6. The molecular weight excluding hydrogens is 261 g/mol. The maximum Gasteiger partial charge on any atom is 0.243 e. The molecule has 0 aromatic heterocycles. The number of amides is 2. The van der Waals surface area contributed by atoms with Gasteiger partial charge < -0.3 is 5.73 Å². The average Bonchev–Trinajstić information content (AvgIpc) is 2.41. The highest BCUT2D eigenvalue weighted by Gasteiger charge is 2.36. The van der Waals surface area contributed by atoms with Gasteiger partial charge in [0.15, 0.2) is 0 Å². The van der Waals surface area contributed by atoms with E-state index < -0.39 is 6.04 Å². The number of nitrogens with two attached hydrogens (primary N) is 1. The Labute approximate surface area is 116 Å². The molecule has 1 aliphatic heterocycles. The molecule has 1 heterocycles. The van der Waals surface area contributed by atoms with Crippen LogP contribution in [0.3, 0.4) is 0 Å². The van der Waals surface area contributed by atoms with E-state index in [4.69, 9.17) is 5.73 Å². The molecule has 1 aromatic rings. The zero-order valence-corrected chi connectivity index (χ0v) is 11.3. The quantitative estimate of drug-likeness (QED) is 0.790. The molecule has 1 aliphatic rings. The van der Waals surface area contributed by atoms with Gasteiger partial charge in [-0.3, -0.25) is 19.8 Å². The Balaban J connectivity index is 2.30. The van der Waals surface area contributed by atoms with E-state index in [2.05, 4.69) is 5.32 Å². The first kappa shape index (κ1) is 14.6. The van der Waals surface area contributed by atoms with Crippen molar-refractivity contribution in [1.82, 2.24) is 10.2 Å². The van der Waals surface area contributed by atoms with Gasteiger partial charge in [0.1, 0.15) is 5.82 Å². The number of nitrogens with zero attached hydrogens (tertiary/aromatic N) is 1. The summed E-state index contributed by atoms with van der Waals surface area (Å²) >= 11 is 0. The third-order valence-corrected chi connectivity index (χ3v) is 3.56. The highest BCUT2D eigenvalue weighted by molar-refractivity contribution is 6.01. The molecule has 0 saturated carbocycles. The summed E-state index contributed by atoms with van der Waals surface area (Å²) in [6, 6.07) is 5.30. The van der Waals surface area contributed by atoms with Crippen LogP contribution < -0.4 is 11.1 Å². The first-order valence-corrected chi connectivity index (χ1v) is 6.61. The van der Waals surface area contributed by atoms with E-state index in [1.807, 2.05) is 6.92 Å². The van der Waals surface area contributed by atoms with Gasteiger partial charge in [-0.1, -0.05) is 19.1 Å². The Kier molecular flexibility index (Phi) is 4.46. The molecule has 0 aliphatic carbocycles. The summed E-state index contributed by atoms with van der Waals surface area (Å²) in [4.78, 5) is 25.2.